The fourth-order valence-electron chi connectivity index (χ4n) is 3.70. The average molecular weight is 453 g/mol. The third-order valence-corrected chi connectivity index (χ3v) is 6.25. The van der Waals surface area contributed by atoms with Crippen molar-refractivity contribution >= 4 is 34.3 Å². The molecule has 9 heteroatoms. The molecule has 166 valence electrons. The molecule has 4 rings (SSSR count). The number of rotatable bonds is 5. The Balaban J connectivity index is 1.38. The van der Waals surface area contributed by atoms with Gasteiger partial charge in [-0.25, -0.2) is 9.78 Å². The van der Waals surface area contributed by atoms with Gasteiger partial charge >= 0.3 is 5.97 Å². The first-order valence-electron chi connectivity index (χ1n) is 10.3. The van der Waals surface area contributed by atoms with Crippen molar-refractivity contribution in [2.75, 3.05) is 25.5 Å². The molecule has 0 aliphatic carbocycles. The maximum atomic E-state index is 12.8. The Kier molecular flexibility index (Phi) is 6.36. The summed E-state index contributed by atoms with van der Waals surface area (Å²) in [5.74, 6) is -0.935. The van der Waals surface area contributed by atoms with Crippen molar-refractivity contribution < 1.29 is 19.1 Å². The van der Waals surface area contributed by atoms with Crippen LogP contribution in [0.3, 0.4) is 0 Å². The first-order valence-corrected chi connectivity index (χ1v) is 11.2. The van der Waals surface area contributed by atoms with Gasteiger partial charge in [0.25, 0.3) is 5.91 Å². The van der Waals surface area contributed by atoms with Gasteiger partial charge in [0.2, 0.25) is 5.91 Å². The molecule has 1 atom stereocenters. The predicted octanol–water partition coefficient (Wildman–Crippen LogP) is 3.72. The molecule has 1 aliphatic heterocycles. The van der Waals surface area contributed by atoms with Gasteiger partial charge in [-0.3, -0.25) is 9.59 Å². The number of carbonyl (C=O) groups is 3. The number of hydrogen-bond donors (Lipinski definition) is 2. The number of hydrogen-bond acceptors (Lipinski definition) is 6. The molecule has 1 saturated heterocycles. The minimum atomic E-state index is -0.456. The van der Waals surface area contributed by atoms with Crippen molar-refractivity contribution in [3.8, 4) is 11.3 Å². The maximum Gasteiger partial charge on any atom is 0.354 e. The van der Waals surface area contributed by atoms with Crippen LogP contribution < -0.4 is 5.32 Å². The zero-order valence-corrected chi connectivity index (χ0v) is 18.7. The Morgan fingerprint density at radius 3 is 2.78 bits per heavy atom. The number of aromatic amines is 1. The lowest BCUT2D eigenvalue weighted by Crippen LogP contribution is -2.43. The van der Waals surface area contributed by atoms with E-state index >= 15 is 0 Å². The fourth-order valence-corrected chi connectivity index (χ4v) is 4.42. The van der Waals surface area contributed by atoms with Crippen LogP contribution in [0.25, 0.3) is 11.3 Å². The van der Waals surface area contributed by atoms with E-state index < -0.39 is 5.97 Å². The van der Waals surface area contributed by atoms with Crippen LogP contribution in [0, 0.1) is 12.8 Å². The second kappa shape index (κ2) is 9.35. The van der Waals surface area contributed by atoms with Gasteiger partial charge in [-0.2, -0.15) is 0 Å². The first kappa shape index (κ1) is 21.8. The molecule has 1 unspecified atom stereocenters. The predicted molar refractivity (Wildman–Crippen MR) is 122 cm³/mol. The summed E-state index contributed by atoms with van der Waals surface area (Å²) in [6.07, 6.45) is 3.17. The molecule has 2 amide bonds. The standard InChI is InChI=1S/C23H24N4O4S/c1-14-5-7-15(8-6-14)21(29)27-9-3-4-16(12-27)20(28)26-23-25-19(13-32-23)17-10-18(24-11-17)22(30)31-2/h5-8,10-11,13,16,24H,3-4,9,12H2,1-2H3,(H,25,26,28). The highest BCUT2D eigenvalue weighted by Gasteiger charge is 2.29. The number of nitrogens with zero attached hydrogens (tertiary/aromatic N) is 2. The van der Waals surface area contributed by atoms with Crippen molar-refractivity contribution in [3.63, 3.8) is 0 Å². The van der Waals surface area contributed by atoms with Crippen LogP contribution in [-0.4, -0.2) is 52.9 Å². The molecule has 2 N–H and O–H groups in total. The summed E-state index contributed by atoms with van der Waals surface area (Å²) in [6.45, 7) is 3.01. The van der Waals surface area contributed by atoms with Crippen molar-refractivity contribution in [3.05, 3.63) is 58.7 Å². The normalized spacial score (nSPS) is 15.9. The van der Waals surface area contributed by atoms with Crippen molar-refractivity contribution in [1.29, 1.82) is 0 Å². The summed E-state index contributed by atoms with van der Waals surface area (Å²) in [5, 5.41) is 5.17. The summed E-state index contributed by atoms with van der Waals surface area (Å²) >= 11 is 1.31. The molecule has 0 saturated carbocycles. The fraction of sp³-hybridized carbons (Fsp3) is 0.304. The molecule has 0 spiro atoms. The van der Waals surface area contributed by atoms with Crippen LogP contribution in [0.15, 0.2) is 41.9 Å². The number of carbonyl (C=O) groups excluding carboxylic acids is 3. The number of piperidine rings is 1. The smallest absolute Gasteiger partial charge is 0.354 e. The number of aromatic nitrogens is 2. The second-order valence-electron chi connectivity index (χ2n) is 7.78. The van der Waals surface area contributed by atoms with E-state index in [1.54, 1.807) is 17.2 Å². The lowest BCUT2D eigenvalue weighted by molar-refractivity contribution is -0.121. The van der Waals surface area contributed by atoms with Crippen LogP contribution in [0.2, 0.25) is 0 Å². The zero-order valence-electron chi connectivity index (χ0n) is 17.9. The first-order chi connectivity index (χ1) is 15.4. The van der Waals surface area contributed by atoms with Crippen LogP contribution in [0.1, 0.15) is 39.3 Å². The van der Waals surface area contributed by atoms with Crippen LogP contribution >= 0.6 is 11.3 Å². The molecular formula is C23H24N4O4S. The van der Waals surface area contributed by atoms with E-state index in [4.69, 9.17) is 4.74 Å². The Labute approximate surface area is 189 Å². The zero-order chi connectivity index (χ0) is 22.7. The molecular weight excluding hydrogens is 428 g/mol. The molecule has 8 nitrogen and oxygen atoms in total. The summed E-state index contributed by atoms with van der Waals surface area (Å²) < 4.78 is 4.70. The van der Waals surface area contributed by atoms with Crippen molar-refractivity contribution in [2.24, 2.45) is 5.92 Å². The number of benzene rings is 1. The van der Waals surface area contributed by atoms with Crippen molar-refractivity contribution in [1.82, 2.24) is 14.9 Å². The molecule has 1 aliphatic rings. The highest BCUT2D eigenvalue weighted by atomic mass is 32.1. The van der Waals surface area contributed by atoms with Crippen LogP contribution in [-0.2, 0) is 9.53 Å². The quantitative estimate of drug-likeness (QED) is 0.574. The summed E-state index contributed by atoms with van der Waals surface area (Å²) in [6, 6.07) is 9.14. The number of methoxy groups -OCH3 is 1. The number of anilines is 1. The minimum absolute atomic E-state index is 0.0482. The number of ether oxygens (including phenoxy) is 1. The van der Waals surface area contributed by atoms with Gasteiger partial charge in [0.05, 0.1) is 18.7 Å². The highest BCUT2D eigenvalue weighted by molar-refractivity contribution is 7.14. The number of esters is 1. The molecule has 0 bridgehead atoms. The third kappa shape index (κ3) is 4.72. The highest BCUT2D eigenvalue weighted by Crippen LogP contribution is 2.27. The Morgan fingerprint density at radius 1 is 1.25 bits per heavy atom. The van der Waals surface area contributed by atoms with Gasteiger partial charge in [-0.1, -0.05) is 17.7 Å². The largest absolute Gasteiger partial charge is 0.464 e. The van der Waals surface area contributed by atoms with E-state index in [0.717, 1.165) is 24.0 Å². The second-order valence-corrected chi connectivity index (χ2v) is 8.64. The Bertz CT molecular complexity index is 1140. The molecule has 3 aromatic rings. The Hall–Kier alpha value is -3.46. The SMILES string of the molecule is COC(=O)c1cc(-c2csc(NC(=O)C3CCCN(C(=O)c4ccc(C)cc4)C3)n2)c[nH]1. The number of H-pyrrole nitrogens is 1. The number of nitrogens with one attached hydrogen (secondary N) is 2. The Morgan fingerprint density at radius 2 is 2.03 bits per heavy atom. The minimum Gasteiger partial charge on any atom is -0.464 e. The van der Waals surface area contributed by atoms with Gasteiger partial charge in [0, 0.05) is 35.8 Å². The lowest BCUT2D eigenvalue weighted by atomic mass is 9.96. The molecule has 1 aromatic carbocycles. The van der Waals surface area contributed by atoms with Crippen LogP contribution in [0.4, 0.5) is 5.13 Å². The topological polar surface area (TPSA) is 104 Å². The monoisotopic (exact) mass is 452 g/mol. The van der Waals surface area contributed by atoms with Gasteiger partial charge in [-0.05, 0) is 38.0 Å². The van der Waals surface area contributed by atoms with E-state index in [-0.39, 0.29) is 17.7 Å². The maximum absolute atomic E-state index is 12.8. The molecule has 2 aromatic heterocycles. The number of thiazole rings is 1. The van der Waals surface area contributed by atoms with Crippen LogP contribution in [0.5, 0.6) is 0 Å². The van der Waals surface area contributed by atoms with Gasteiger partial charge in [0.1, 0.15) is 5.69 Å². The summed E-state index contributed by atoms with van der Waals surface area (Å²) in [7, 11) is 1.32. The van der Waals surface area contributed by atoms with E-state index in [9.17, 15) is 14.4 Å². The molecule has 3 heterocycles. The number of likely N-dealkylation sites (tertiary alicyclic amines) is 1. The number of amides is 2. The summed E-state index contributed by atoms with van der Waals surface area (Å²) in [4.78, 5) is 46.3. The molecule has 0 radical (unpaired) electrons. The van der Waals surface area contributed by atoms with E-state index in [0.29, 0.717) is 35.2 Å². The number of aryl methyl sites for hydroxylation is 1. The molecule has 1 fully saturated rings. The van der Waals surface area contributed by atoms with Crippen molar-refractivity contribution in [2.45, 2.75) is 19.8 Å². The van der Waals surface area contributed by atoms with E-state index in [2.05, 4.69) is 15.3 Å². The lowest BCUT2D eigenvalue weighted by Gasteiger charge is -2.32. The van der Waals surface area contributed by atoms with E-state index in [1.165, 1.54) is 18.4 Å². The van der Waals surface area contributed by atoms with Gasteiger partial charge in [0.15, 0.2) is 5.13 Å². The van der Waals surface area contributed by atoms with E-state index in [1.807, 2.05) is 36.6 Å². The third-order valence-electron chi connectivity index (χ3n) is 5.50. The summed E-state index contributed by atoms with van der Waals surface area (Å²) in [5.41, 5.74) is 3.45. The van der Waals surface area contributed by atoms with Gasteiger partial charge in [-0.15, -0.1) is 11.3 Å². The van der Waals surface area contributed by atoms with Gasteiger partial charge < -0.3 is 19.9 Å². The average Bonchev–Trinajstić information content (AvgIpc) is 3.48. The molecule has 32 heavy (non-hydrogen) atoms.